The molecule has 3 aromatic rings. The third-order valence-corrected chi connectivity index (χ3v) is 6.81. The number of hydrogen-bond acceptors (Lipinski definition) is 7. The molecular formula is C25H29ClN2O6S. The molecule has 0 aliphatic carbocycles. The number of unbranched alkanes of at least 4 members (excludes halogenated alkanes) is 1. The minimum Gasteiger partial charge on any atom is -0.485 e. The predicted molar refractivity (Wildman–Crippen MR) is 133 cm³/mol. The van der Waals surface area contributed by atoms with E-state index in [-0.39, 0.29) is 41.0 Å². The highest BCUT2D eigenvalue weighted by molar-refractivity contribution is 7.86. The number of halogens is 1. The van der Waals surface area contributed by atoms with Crippen LogP contribution in [0.5, 0.6) is 5.75 Å². The fourth-order valence-corrected chi connectivity index (χ4v) is 4.17. The number of benzene rings is 2. The van der Waals surface area contributed by atoms with Gasteiger partial charge in [-0.05, 0) is 36.6 Å². The largest absolute Gasteiger partial charge is 0.485 e. The molecule has 0 aliphatic rings. The summed E-state index contributed by atoms with van der Waals surface area (Å²) in [5.74, 6) is 0.248. The molecule has 0 spiro atoms. The van der Waals surface area contributed by atoms with Gasteiger partial charge in [-0.15, -0.1) is 0 Å². The molecule has 0 aliphatic heterocycles. The van der Waals surface area contributed by atoms with Crippen molar-refractivity contribution in [2.45, 2.75) is 51.3 Å². The summed E-state index contributed by atoms with van der Waals surface area (Å²) < 4.78 is 41.9. The van der Waals surface area contributed by atoms with Crippen molar-refractivity contribution in [3.05, 3.63) is 86.8 Å². The molecule has 1 heterocycles. The van der Waals surface area contributed by atoms with Crippen molar-refractivity contribution >= 4 is 21.7 Å². The van der Waals surface area contributed by atoms with Crippen LogP contribution >= 0.6 is 11.6 Å². The van der Waals surface area contributed by atoms with E-state index in [1.165, 1.54) is 23.0 Å². The Morgan fingerprint density at radius 3 is 2.29 bits per heavy atom. The maximum atomic E-state index is 12.3. The number of ether oxygens (including phenoxy) is 2. The smallest absolute Gasteiger partial charge is 0.297 e. The summed E-state index contributed by atoms with van der Waals surface area (Å²) in [4.78, 5) is 12.4. The Labute approximate surface area is 210 Å². The molecule has 0 N–H and O–H groups in total. The van der Waals surface area contributed by atoms with Gasteiger partial charge >= 0.3 is 0 Å². The lowest BCUT2D eigenvalue weighted by atomic mass is 10.1. The van der Waals surface area contributed by atoms with Gasteiger partial charge < -0.3 is 9.47 Å². The minimum absolute atomic E-state index is 0.0211. The van der Waals surface area contributed by atoms with Crippen molar-refractivity contribution in [1.29, 1.82) is 0 Å². The quantitative estimate of drug-likeness (QED) is 0.242. The van der Waals surface area contributed by atoms with Gasteiger partial charge in [0, 0.05) is 6.54 Å². The minimum atomic E-state index is -3.80. The Morgan fingerprint density at radius 2 is 1.63 bits per heavy atom. The normalized spacial score (nSPS) is 11.5. The summed E-state index contributed by atoms with van der Waals surface area (Å²) >= 11 is 6.16. The number of rotatable bonds is 13. The topological polar surface area (TPSA) is 96.7 Å². The van der Waals surface area contributed by atoms with Gasteiger partial charge in [0.15, 0.2) is 10.8 Å². The van der Waals surface area contributed by atoms with Crippen LogP contribution in [0.3, 0.4) is 0 Å². The fraction of sp³-hybridized carbons (Fsp3) is 0.360. The lowest BCUT2D eigenvalue weighted by Gasteiger charge is -2.10. The summed E-state index contributed by atoms with van der Waals surface area (Å²) in [6.45, 7) is 5.03. The van der Waals surface area contributed by atoms with E-state index in [1.807, 2.05) is 38.1 Å². The molecule has 0 atom stereocenters. The number of aromatic nitrogens is 2. The molecule has 2 aromatic carbocycles. The van der Waals surface area contributed by atoms with Crippen LogP contribution in [0.15, 0.2) is 64.4 Å². The van der Waals surface area contributed by atoms with E-state index in [4.69, 9.17) is 25.3 Å². The first-order chi connectivity index (χ1) is 16.8. The molecule has 0 fully saturated rings. The summed E-state index contributed by atoms with van der Waals surface area (Å²) in [5, 5.41) is 4.14. The van der Waals surface area contributed by atoms with Crippen LogP contribution in [-0.2, 0) is 38.8 Å². The van der Waals surface area contributed by atoms with Crippen molar-refractivity contribution in [3.63, 3.8) is 0 Å². The van der Waals surface area contributed by atoms with Gasteiger partial charge in [-0.1, -0.05) is 66.9 Å². The molecule has 188 valence electrons. The molecule has 0 bridgehead atoms. The van der Waals surface area contributed by atoms with Crippen LogP contribution in [0.2, 0.25) is 5.02 Å². The second kappa shape index (κ2) is 12.8. The average molecular weight is 521 g/mol. The van der Waals surface area contributed by atoms with Gasteiger partial charge in [0.1, 0.15) is 6.61 Å². The first-order valence-electron chi connectivity index (χ1n) is 11.3. The van der Waals surface area contributed by atoms with E-state index in [9.17, 15) is 13.2 Å². The van der Waals surface area contributed by atoms with E-state index in [1.54, 1.807) is 12.1 Å². The zero-order valence-electron chi connectivity index (χ0n) is 19.8. The van der Waals surface area contributed by atoms with Crippen LogP contribution in [0.25, 0.3) is 0 Å². The van der Waals surface area contributed by atoms with Crippen molar-refractivity contribution in [2.24, 2.45) is 0 Å². The molecule has 0 amide bonds. The molecule has 0 saturated heterocycles. The highest BCUT2D eigenvalue weighted by atomic mass is 35.5. The molecule has 10 heteroatoms. The molecule has 35 heavy (non-hydrogen) atoms. The van der Waals surface area contributed by atoms with E-state index in [0.29, 0.717) is 13.2 Å². The zero-order chi connectivity index (χ0) is 25.3. The SMILES string of the molecule is CCCCn1ncc(OCc2ccc(COCCOS(=O)(=O)c3ccc(C)cc3)cc2)c(Cl)c1=O. The lowest BCUT2D eigenvalue weighted by Crippen LogP contribution is -2.23. The summed E-state index contributed by atoms with van der Waals surface area (Å²) in [7, 11) is -3.80. The van der Waals surface area contributed by atoms with Crippen molar-refractivity contribution in [1.82, 2.24) is 9.78 Å². The lowest BCUT2D eigenvalue weighted by molar-refractivity contribution is 0.0907. The second-order valence-electron chi connectivity index (χ2n) is 7.95. The molecule has 3 rings (SSSR count). The third kappa shape index (κ3) is 7.90. The Kier molecular flexibility index (Phi) is 9.85. The summed E-state index contributed by atoms with van der Waals surface area (Å²) in [6.07, 6.45) is 3.26. The average Bonchev–Trinajstić information content (AvgIpc) is 2.85. The highest BCUT2D eigenvalue weighted by Gasteiger charge is 2.14. The van der Waals surface area contributed by atoms with E-state index in [2.05, 4.69) is 5.10 Å². The molecule has 0 radical (unpaired) electrons. The molecule has 0 unspecified atom stereocenters. The first-order valence-corrected chi connectivity index (χ1v) is 13.1. The Morgan fingerprint density at radius 1 is 0.971 bits per heavy atom. The molecule has 1 aromatic heterocycles. The summed E-state index contributed by atoms with van der Waals surface area (Å²) in [6, 6.07) is 14.0. The predicted octanol–water partition coefficient (Wildman–Crippen LogP) is 4.51. The van der Waals surface area contributed by atoms with Crippen LogP contribution in [0.4, 0.5) is 0 Å². The zero-order valence-corrected chi connectivity index (χ0v) is 21.3. The Bertz CT molecular complexity index is 1260. The van der Waals surface area contributed by atoms with Gasteiger partial charge in [0.2, 0.25) is 0 Å². The van der Waals surface area contributed by atoms with Crippen molar-refractivity contribution in [3.8, 4) is 5.75 Å². The van der Waals surface area contributed by atoms with Crippen LogP contribution in [0, 0.1) is 6.92 Å². The van der Waals surface area contributed by atoms with Gasteiger partial charge in [0.25, 0.3) is 15.7 Å². The van der Waals surface area contributed by atoms with Gasteiger partial charge in [-0.2, -0.15) is 13.5 Å². The van der Waals surface area contributed by atoms with Gasteiger partial charge in [0.05, 0.1) is 30.9 Å². The van der Waals surface area contributed by atoms with Crippen molar-refractivity contribution < 1.29 is 22.1 Å². The second-order valence-corrected chi connectivity index (χ2v) is 9.94. The Hall–Kier alpha value is -2.72. The highest BCUT2D eigenvalue weighted by Crippen LogP contribution is 2.20. The molecule has 0 saturated carbocycles. The van der Waals surface area contributed by atoms with Gasteiger partial charge in [-0.25, -0.2) is 4.68 Å². The maximum absolute atomic E-state index is 12.3. The van der Waals surface area contributed by atoms with Crippen molar-refractivity contribution in [2.75, 3.05) is 13.2 Å². The Balaban J connectivity index is 1.42. The van der Waals surface area contributed by atoms with E-state index >= 15 is 0 Å². The fourth-order valence-electron chi connectivity index (χ4n) is 3.08. The number of aryl methyl sites for hydroxylation is 2. The van der Waals surface area contributed by atoms with Gasteiger partial charge in [-0.3, -0.25) is 8.98 Å². The van der Waals surface area contributed by atoms with E-state index in [0.717, 1.165) is 29.5 Å². The monoisotopic (exact) mass is 520 g/mol. The maximum Gasteiger partial charge on any atom is 0.297 e. The van der Waals surface area contributed by atoms with Crippen LogP contribution in [-0.4, -0.2) is 31.4 Å². The van der Waals surface area contributed by atoms with E-state index < -0.39 is 10.1 Å². The number of nitrogens with zero attached hydrogens (tertiary/aromatic N) is 2. The molecule has 8 nitrogen and oxygen atoms in total. The standard InChI is InChI=1S/C25H29ClN2O6S/c1-3-4-13-28-25(29)24(26)23(16-27-28)33-18-21-9-7-20(8-10-21)17-32-14-15-34-35(30,31)22-11-5-19(2)6-12-22/h5-12,16H,3-4,13-15,17-18H2,1-2H3. The third-order valence-electron chi connectivity index (χ3n) is 5.14. The van der Waals surface area contributed by atoms with Crippen LogP contribution < -0.4 is 10.3 Å². The molecular weight excluding hydrogens is 492 g/mol. The number of hydrogen-bond donors (Lipinski definition) is 0. The van der Waals surface area contributed by atoms with Crippen LogP contribution in [0.1, 0.15) is 36.5 Å². The first kappa shape index (κ1) is 26.9. The summed E-state index contributed by atoms with van der Waals surface area (Å²) in [5.41, 5.74) is 2.40.